The number of rotatable bonds is 11. The van der Waals surface area contributed by atoms with Crippen LogP contribution in [0.1, 0.15) is 78.6 Å². The molecule has 0 N–H and O–H groups in total. The summed E-state index contributed by atoms with van der Waals surface area (Å²) >= 11 is 0. The van der Waals surface area contributed by atoms with Gasteiger partial charge in [-0.05, 0) is 25.2 Å². The third-order valence-electron chi connectivity index (χ3n) is 3.11. The Hall–Kier alpha value is -0.530. The molecule has 102 valence electrons. The van der Waals surface area contributed by atoms with Gasteiger partial charge in [0.05, 0.1) is 6.61 Å². The summed E-state index contributed by atoms with van der Waals surface area (Å²) in [6.07, 6.45) is 9.89. The van der Waals surface area contributed by atoms with E-state index in [4.69, 9.17) is 4.74 Å². The predicted octanol–water partition coefficient (Wildman–Crippen LogP) is 4.72. The fourth-order valence-electron chi connectivity index (χ4n) is 2.11. The molecule has 0 heterocycles. The fraction of sp³-hybridized carbons (Fsp3) is 0.933. The number of carbonyl (C=O) groups excluding carboxylic acids is 1. The van der Waals surface area contributed by atoms with E-state index in [0.29, 0.717) is 18.9 Å². The van der Waals surface area contributed by atoms with Gasteiger partial charge in [0.15, 0.2) is 0 Å². The first kappa shape index (κ1) is 16.5. The van der Waals surface area contributed by atoms with Gasteiger partial charge in [0.1, 0.15) is 0 Å². The molecule has 0 aromatic heterocycles. The van der Waals surface area contributed by atoms with Gasteiger partial charge in [-0.1, -0.05) is 52.9 Å². The second-order valence-electron chi connectivity index (χ2n) is 4.94. The first-order valence-electron chi connectivity index (χ1n) is 7.40. The van der Waals surface area contributed by atoms with E-state index in [2.05, 4.69) is 20.8 Å². The molecule has 0 amide bonds. The predicted molar refractivity (Wildman–Crippen MR) is 73.0 cm³/mol. The summed E-state index contributed by atoms with van der Waals surface area (Å²) in [4.78, 5) is 11.5. The maximum absolute atomic E-state index is 11.5. The summed E-state index contributed by atoms with van der Waals surface area (Å²) in [6, 6.07) is 0. The van der Waals surface area contributed by atoms with Crippen molar-refractivity contribution in [2.75, 3.05) is 6.61 Å². The SMILES string of the molecule is CCCCCCC(=O)OCC(CCC)CCC. The Bertz CT molecular complexity index is 172. The van der Waals surface area contributed by atoms with E-state index in [1.54, 1.807) is 0 Å². The quantitative estimate of drug-likeness (QED) is 0.387. The van der Waals surface area contributed by atoms with Gasteiger partial charge in [0, 0.05) is 6.42 Å². The van der Waals surface area contributed by atoms with Crippen LogP contribution in [-0.4, -0.2) is 12.6 Å². The standard InChI is InChI=1S/C15H30O2/c1-4-7-8-9-12-15(16)17-13-14(10-5-2)11-6-3/h14H,4-13H2,1-3H3. The molecule has 0 aliphatic rings. The molecular formula is C15H30O2. The molecular weight excluding hydrogens is 212 g/mol. The number of hydrogen-bond donors (Lipinski definition) is 0. The highest BCUT2D eigenvalue weighted by Gasteiger charge is 2.10. The van der Waals surface area contributed by atoms with Crippen LogP contribution in [0.4, 0.5) is 0 Å². The molecule has 0 aliphatic carbocycles. The highest BCUT2D eigenvalue weighted by atomic mass is 16.5. The van der Waals surface area contributed by atoms with E-state index in [1.807, 2.05) is 0 Å². The minimum absolute atomic E-state index is 0.00157. The van der Waals surface area contributed by atoms with E-state index in [9.17, 15) is 4.79 Å². The van der Waals surface area contributed by atoms with E-state index in [-0.39, 0.29) is 5.97 Å². The van der Waals surface area contributed by atoms with Gasteiger partial charge in [-0.2, -0.15) is 0 Å². The minimum Gasteiger partial charge on any atom is -0.465 e. The molecule has 0 saturated heterocycles. The van der Waals surface area contributed by atoms with Crippen LogP contribution in [0.2, 0.25) is 0 Å². The fourth-order valence-corrected chi connectivity index (χ4v) is 2.11. The number of hydrogen-bond acceptors (Lipinski definition) is 2. The summed E-state index contributed by atoms with van der Waals surface area (Å²) in [5.74, 6) is 0.572. The van der Waals surface area contributed by atoms with Crippen molar-refractivity contribution < 1.29 is 9.53 Å². The maximum Gasteiger partial charge on any atom is 0.305 e. The van der Waals surface area contributed by atoms with Crippen molar-refractivity contribution in [2.45, 2.75) is 78.6 Å². The maximum atomic E-state index is 11.5. The third-order valence-corrected chi connectivity index (χ3v) is 3.11. The van der Waals surface area contributed by atoms with Gasteiger partial charge in [0.2, 0.25) is 0 Å². The summed E-state index contributed by atoms with van der Waals surface area (Å²) in [5.41, 5.74) is 0. The summed E-state index contributed by atoms with van der Waals surface area (Å²) in [6.45, 7) is 7.19. The first-order chi connectivity index (χ1) is 8.24. The number of carbonyl (C=O) groups is 1. The molecule has 0 aliphatic heterocycles. The molecule has 0 fully saturated rings. The van der Waals surface area contributed by atoms with Gasteiger partial charge < -0.3 is 4.74 Å². The lowest BCUT2D eigenvalue weighted by Crippen LogP contribution is -2.14. The van der Waals surface area contributed by atoms with Crippen molar-refractivity contribution in [3.8, 4) is 0 Å². The number of unbranched alkanes of at least 4 members (excludes halogenated alkanes) is 3. The second kappa shape index (κ2) is 11.9. The van der Waals surface area contributed by atoms with Crippen LogP contribution in [0.25, 0.3) is 0 Å². The first-order valence-corrected chi connectivity index (χ1v) is 7.40. The Morgan fingerprint density at radius 3 is 2.12 bits per heavy atom. The Labute approximate surface area is 107 Å². The molecule has 0 bridgehead atoms. The third kappa shape index (κ3) is 10.3. The highest BCUT2D eigenvalue weighted by molar-refractivity contribution is 5.69. The molecule has 0 rings (SSSR count). The molecule has 0 unspecified atom stereocenters. The van der Waals surface area contributed by atoms with Gasteiger partial charge in [-0.15, -0.1) is 0 Å². The van der Waals surface area contributed by atoms with Crippen LogP contribution in [-0.2, 0) is 9.53 Å². The molecule has 0 aromatic carbocycles. The van der Waals surface area contributed by atoms with Gasteiger partial charge in [-0.25, -0.2) is 0 Å². The van der Waals surface area contributed by atoms with E-state index >= 15 is 0 Å². The zero-order valence-electron chi connectivity index (χ0n) is 12.0. The van der Waals surface area contributed by atoms with Crippen LogP contribution < -0.4 is 0 Å². The largest absolute Gasteiger partial charge is 0.465 e. The summed E-state index contributed by atoms with van der Waals surface area (Å²) in [5, 5.41) is 0. The Kier molecular flexibility index (Phi) is 11.6. The molecule has 2 nitrogen and oxygen atoms in total. The van der Waals surface area contributed by atoms with Crippen molar-refractivity contribution in [1.82, 2.24) is 0 Å². The second-order valence-corrected chi connectivity index (χ2v) is 4.94. The Morgan fingerprint density at radius 2 is 1.59 bits per heavy atom. The minimum atomic E-state index is -0.00157. The lowest BCUT2D eigenvalue weighted by atomic mass is 9.99. The van der Waals surface area contributed by atoms with Crippen molar-refractivity contribution in [3.05, 3.63) is 0 Å². The van der Waals surface area contributed by atoms with Gasteiger partial charge in [-0.3, -0.25) is 4.79 Å². The zero-order chi connectivity index (χ0) is 12.9. The lowest BCUT2D eigenvalue weighted by Gasteiger charge is -2.15. The van der Waals surface area contributed by atoms with Crippen molar-refractivity contribution in [1.29, 1.82) is 0 Å². The summed E-state index contributed by atoms with van der Waals surface area (Å²) < 4.78 is 5.35. The molecule has 0 radical (unpaired) electrons. The molecule has 0 aromatic rings. The number of ether oxygens (including phenoxy) is 1. The number of esters is 1. The lowest BCUT2D eigenvalue weighted by molar-refractivity contribution is -0.145. The normalized spacial score (nSPS) is 10.8. The molecule has 0 atom stereocenters. The average Bonchev–Trinajstić information content (AvgIpc) is 2.32. The summed E-state index contributed by atoms with van der Waals surface area (Å²) in [7, 11) is 0. The van der Waals surface area contributed by atoms with Crippen molar-refractivity contribution >= 4 is 5.97 Å². The molecule has 2 heteroatoms. The van der Waals surface area contributed by atoms with Crippen LogP contribution in [0.15, 0.2) is 0 Å². The van der Waals surface area contributed by atoms with Crippen LogP contribution in [0.3, 0.4) is 0 Å². The van der Waals surface area contributed by atoms with Gasteiger partial charge in [0.25, 0.3) is 0 Å². The van der Waals surface area contributed by atoms with Crippen LogP contribution in [0, 0.1) is 5.92 Å². The molecule has 0 spiro atoms. The van der Waals surface area contributed by atoms with Crippen LogP contribution >= 0.6 is 0 Å². The van der Waals surface area contributed by atoms with E-state index in [0.717, 1.165) is 12.8 Å². The zero-order valence-corrected chi connectivity index (χ0v) is 12.0. The van der Waals surface area contributed by atoms with Crippen molar-refractivity contribution in [3.63, 3.8) is 0 Å². The molecule has 0 saturated carbocycles. The van der Waals surface area contributed by atoms with Crippen molar-refractivity contribution in [2.24, 2.45) is 5.92 Å². The smallest absolute Gasteiger partial charge is 0.305 e. The van der Waals surface area contributed by atoms with E-state index < -0.39 is 0 Å². The monoisotopic (exact) mass is 242 g/mol. The Morgan fingerprint density at radius 1 is 0.941 bits per heavy atom. The molecule has 17 heavy (non-hydrogen) atoms. The average molecular weight is 242 g/mol. The highest BCUT2D eigenvalue weighted by Crippen LogP contribution is 2.14. The van der Waals surface area contributed by atoms with E-state index in [1.165, 1.54) is 38.5 Å². The van der Waals surface area contributed by atoms with Crippen LogP contribution in [0.5, 0.6) is 0 Å². The Balaban J connectivity index is 3.57. The topological polar surface area (TPSA) is 26.3 Å². The van der Waals surface area contributed by atoms with Gasteiger partial charge >= 0.3 is 5.97 Å².